The number of carbonyl (C=O) groups is 4. The van der Waals surface area contributed by atoms with E-state index >= 15 is 0 Å². The minimum atomic E-state index is -0.658. The number of hydrogen-bond donors (Lipinski definition) is 0. The predicted octanol–water partition coefficient (Wildman–Crippen LogP) is 4.60. The maximum atomic E-state index is 13.7. The highest BCUT2D eigenvalue weighted by Crippen LogP contribution is 2.65. The molecule has 0 radical (unpaired) electrons. The van der Waals surface area contributed by atoms with Gasteiger partial charge in [-0.25, -0.2) is 5.01 Å². The van der Waals surface area contributed by atoms with Gasteiger partial charge >= 0.3 is 0 Å². The number of hydrazine groups is 1. The number of benzene rings is 2. The highest BCUT2D eigenvalue weighted by atomic mass is 35.5. The topological polar surface area (TPSA) is 74.8 Å². The first-order valence-corrected chi connectivity index (χ1v) is 12.4. The summed E-state index contributed by atoms with van der Waals surface area (Å²) in [6.07, 6.45) is 5.17. The third-order valence-corrected chi connectivity index (χ3v) is 8.69. The van der Waals surface area contributed by atoms with E-state index in [4.69, 9.17) is 23.2 Å². The van der Waals surface area contributed by atoms with Gasteiger partial charge in [0.05, 0.1) is 21.9 Å². The molecule has 0 aromatic heterocycles. The van der Waals surface area contributed by atoms with Gasteiger partial charge in [0.2, 0.25) is 0 Å². The smallest absolute Gasteiger partial charge is 0.273 e. The Labute approximate surface area is 212 Å². The molecule has 2 bridgehead atoms. The standard InChI is InChI=1S/C27H22Cl2N2O4/c1-13-2-4-14(5-3-13)22(32)12-30(25(33)15-6-9-20(28)21(29)10-15)31-26(34)23-16-7-8-17(19-11-18(16)19)24(23)27(31)35/h2-10,16-19,23-24H,11-12H2,1H3. The number of aryl methyl sites for hydroxylation is 1. The van der Waals surface area contributed by atoms with Crippen LogP contribution in [0.2, 0.25) is 10.0 Å². The summed E-state index contributed by atoms with van der Waals surface area (Å²) in [5.74, 6) is -1.96. The van der Waals surface area contributed by atoms with Gasteiger partial charge in [-0.1, -0.05) is 65.2 Å². The number of carbonyl (C=O) groups excluding carboxylic acids is 4. The van der Waals surface area contributed by atoms with E-state index in [1.54, 1.807) is 24.3 Å². The van der Waals surface area contributed by atoms with Crippen LogP contribution in [-0.2, 0) is 9.59 Å². The summed E-state index contributed by atoms with van der Waals surface area (Å²) in [6, 6.07) is 11.3. The normalized spacial score (nSPS) is 29.7. The molecule has 2 saturated carbocycles. The van der Waals surface area contributed by atoms with Crippen molar-refractivity contribution in [2.45, 2.75) is 13.3 Å². The summed E-state index contributed by atoms with van der Waals surface area (Å²) in [5.41, 5.74) is 1.51. The van der Waals surface area contributed by atoms with E-state index in [2.05, 4.69) is 12.2 Å². The molecule has 6 atom stereocenters. The molecule has 1 saturated heterocycles. The van der Waals surface area contributed by atoms with Crippen LogP contribution in [0.5, 0.6) is 0 Å². The van der Waals surface area contributed by atoms with E-state index in [0.29, 0.717) is 17.4 Å². The Hall–Kier alpha value is -2.96. The van der Waals surface area contributed by atoms with E-state index in [-0.39, 0.29) is 33.2 Å². The summed E-state index contributed by atoms with van der Waals surface area (Å²) in [6.45, 7) is 1.46. The number of nitrogens with zero attached hydrogens (tertiary/aromatic N) is 2. The van der Waals surface area contributed by atoms with Crippen LogP contribution >= 0.6 is 23.2 Å². The molecule has 35 heavy (non-hydrogen) atoms. The number of ketones is 1. The van der Waals surface area contributed by atoms with E-state index < -0.39 is 36.1 Å². The Morgan fingerprint density at radius 3 is 2.03 bits per heavy atom. The quantitative estimate of drug-likeness (QED) is 0.336. The van der Waals surface area contributed by atoms with Gasteiger partial charge in [0.15, 0.2) is 5.78 Å². The third-order valence-electron chi connectivity index (χ3n) is 7.95. The van der Waals surface area contributed by atoms with Gasteiger partial charge < -0.3 is 0 Å². The molecule has 6 nitrogen and oxygen atoms in total. The van der Waals surface area contributed by atoms with Crippen LogP contribution < -0.4 is 0 Å². The Kier molecular flexibility index (Phi) is 5.17. The van der Waals surface area contributed by atoms with Crippen molar-refractivity contribution in [2.75, 3.05) is 6.54 Å². The van der Waals surface area contributed by atoms with Crippen LogP contribution in [0.3, 0.4) is 0 Å². The predicted molar refractivity (Wildman–Crippen MR) is 130 cm³/mol. The maximum absolute atomic E-state index is 13.7. The van der Waals surface area contributed by atoms with E-state index in [1.807, 2.05) is 6.92 Å². The van der Waals surface area contributed by atoms with E-state index in [1.165, 1.54) is 18.2 Å². The van der Waals surface area contributed by atoms with Crippen LogP contribution in [-0.4, -0.2) is 40.1 Å². The number of rotatable bonds is 5. The van der Waals surface area contributed by atoms with Crippen molar-refractivity contribution in [3.05, 3.63) is 81.4 Å². The van der Waals surface area contributed by atoms with Crippen LogP contribution in [0.4, 0.5) is 0 Å². The van der Waals surface area contributed by atoms with Gasteiger partial charge in [-0.05, 0) is 55.2 Å². The molecule has 3 fully saturated rings. The maximum Gasteiger partial charge on any atom is 0.273 e. The molecule has 1 heterocycles. The fourth-order valence-electron chi connectivity index (χ4n) is 6.16. The molecular weight excluding hydrogens is 487 g/mol. The van der Waals surface area contributed by atoms with Crippen LogP contribution in [0.15, 0.2) is 54.6 Å². The highest BCUT2D eigenvalue weighted by molar-refractivity contribution is 6.42. The third kappa shape index (κ3) is 3.46. The molecule has 0 N–H and O–H groups in total. The number of Topliss-reactive ketones (excluding diaryl/α,β-unsaturated/α-hetero) is 1. The average Bonchev–Trinajstić information content (AvgIpc) is 3.63. The van der Waals surface area contributed by atoms with Gasteiger partial charge in [-0.15, -0.1) is 0 Å². The largest absolute Gasteiger partial charge is 0.292 e. The van der Waals surface area contributed by atoms with Crippen molar-refractivity contribution in [1.29, 1.82) is 0 Å². The van der Waals surface area contributed by atoms with Crippen LogP contribution in [0.1, 0.15) is 32.7 Å². The van der Waals surface area contributed by atoms with Gasteiger partial charge in [-0.3, -0.25) is 19.2 Å². The van der Waals surface area contributed by atoms with Crippen LogP contribution in [0, 0.1) is 42.4 Å². The number of allylic oxidation sites excluding steroid dienone is 2. The van der Waals surface area contributed by atoms with E-state index in [0.717, 1.165) is 22.0 Å². The number of hydrogen-bond acceptors (Lipinski definition) is 4. The molecule has 178 valence electrons. The molecule has 5 aliphatic rings. The fourth-order valence-corrected chi connectivity index (χ4v) is 6.46. The number of amides is 3. The summed E-state index contributed by atoms with van der Waals surface area (Å²) in [4.78, 5) is 54.2. The first-order chi connectivity index (χ1) is 16.8. The lowest BCUT2D eigenvalue weighted by atomic mass is 9.63. The number of halogens is 2. The Morgan fingerprint density at radius 1 is 0.886 bits per heavy atom. The first kappa shape index (κ1) is 22.5. The van der Waals surface area contributed by atoms with Gasteiger partial charge in [0.25, 0.3) is 17.7 Å². The van der Waals surface area contributed by atoms with Crippen molar-refractivity contribution in [1.82, 2.24) is 10.0 Å². The van der Waals surface area contributed by atoms with E-state index in [9.17, 15) is 19.2 Å². The molecule has 3 amide bonds. The number of imide groups is 1. The molecule has 6 unspecified atom stereocenters. The second-order valence-electron chi connectivity index (χ2n) is 9.92. The summed E-state index contributed by atoms with van der Waals surface area (Å²) >= 11 is 12.2. The second-order valence-corrected chi connectivity index (χ2v) is 10.7. The molecular formula is C27H22Cl2N2O4. The average molecular weight is 509 g/mol. The van der Waals surface area contributed by atoms with Gasteiger partial charge in [0, 0.05) is 11.1 Å². The lowest BCUT2D eigenvalue weighted by Crippen LogP contribution is -2.52. The first-order valence-electron chi connectivity index (χ1n) is 11.7. The zero-order valence-corrected chi connectivity index (χ0v) is 20.4. The molecule has 8 heteroatoms. The molecule has 1 aliphatic heterocycles. The summed E-state index contributed by atoms with van der Waals surface area (Å²) in [7, 11) is 0. The highest BCUT2D eigenvalue weighted by Gasteiger charge is 2.68. The lowest BCUT2D eigenvalue weighted by molar-refractivity contribution is -0.154. The Morgan fingerprint density at radius 2 is 1.46 bits per heavy atom. The molecule has 2 aromatic carbocycles. The van der Waals surface area contributed by atoms with Crippen molar-refractivity contribution in [2.24, 2.45) is 35.5 Å². The Bertz CT molecular complexity index is 1280. The van der Waals surface area contributed by atoms with Crippen molar-refractivity contribution in [3.8, 4) is 0 Å². The van der Waals surface area contributed by atoms with Crippen molar-refractivity contribution < 1.29 is 19.2 Å². The van der Waals surface area contributed by atoms with Crippen molar-refractivity contribution >= 4 is 46.7 Å². The zero-order valence-electron chi connectivity index (χ0n) is 18.9. The molecule has 7 rings (SSSR count). The minimum Gasteiger partial charge on any atom is -0.292 e. The van der Waals surface area contributed by atoms with Gasteiger partial charge in [0.1, 0.15) is 6.54 Å². The second kappa shape index (κ2) is 8.04. The molecule has 0 spiro atoms. The monoisotopic (exact) mass is 508 g/mol. The lowest BCUT2D eigenvalue weighted by Gasteiger charge is -2.37. The van der Waals surface area contributed by atoms with Crippen molar-refractivity contribution in [3.63, 3.8) is 0 Å². The summed E-state index contributed by atoms with van der Waals surface area (Å²) in [5, 5.41) is 2.36. The van der Waals surface area contributed by atoms with Crippen LogP contribution in [0.25, 0.3) is 0 Å². The molecule has 2 aromatic rings. The summed E-state index contributed by atoms with van der Waals surface area (Å²) < 4.78 is 0. The SMILES string of the molecule is Cc1ccc(C(=O)CN(C(=O)c2ccc(Cl)c(Cl)c2)N2C(=O)C3C4C=CC(C5CC45)C3C2=O)cc1. The Balaban J connectivity index is 1.37. The minimum absolute atomic E-state index is 0.00572. The van der Waals surface area contributed by atoms with Gasteiger partial charge in [-0.2, -0.15) is 5.01 Å². The fraction of sp³-hybridized carbons (Fsp3) is 0.333. The zero-order chi connectivity index (χ0) is 24.6. The molecule has 4 aliphatic carbocycles.